The summed E-state index contributed by atoms with van der Waals surface area (Å²) < 4.78 is 4.75. The van der Waals surface area contributed by atoms with Crippen LogP contribution in [0.3, 0.4) is 0 Å². The number of anilines is 1. The fraction of sp³-hybridized carbons (Fsp3) is 0.250. The SMILES string of the molecule is CCOC(=O)c1ccc(Cl)nc1N. The van der Waals surface area contributed by atoms with E-state index in [9.17, 15) is 4.79 Å². The predicted octanol–water partition coefficient (Wildman–Crippen LogP) is 1.49. The molecule has 4 nitrogen and oxygen atoms in total. The molecule has 1 aromatic rings. The quantitative estimate of drug-likeness (QED) is 0.580. The van der Waals surface area contributed by atoms with Crippen LogP contribution < -0.4 is 5.73 Å². The Morgan fingerprint density at radius 1 is 1.69 bits per heavy atom. The molecule has 5 heteroatoms. The van der Waals surface area contributed by atoms with Gasteiger partial charge in [0.1, 0.15) is 16.5 Å². The molecule has 1 aromatic heterocycles. The average Bonchev–Trinajstić information content (AvgIpc) is 2.04. The van der Waals surface area contributed by atoms with E-state index in [1.54, 1.807) is 6.92 Å². The molecule has 0 saturated carbocycles. The third-order valence-electron chi connectivity index (χ3n) is 1.39. The van der Waals surface area contributed by atoms with E-state index >= 15 is 0 Å². The summed E-state index contributed by atoms with van der Waals surface area (Å²) in [5, 5.41) is 0.255. The van der Waals surface area contributed by atoms with Crippen molar-refractivity contribution in [3.05, 3.63) is 22.8 Å². The van der Waals surface area contributed by atoms with Crippen molar-refractivity contribution in [2.75, 3.05) is 12.3 Å². The summed E-state index contributed by atoms with van der Waals surface area (Å²) >= 11 is 5.56. The summed E-state index contributed by atoms with van der Waals surface area (Å²) in [5.74, 6) is -0.393. The third-order valence-corrected chi connectivity index (χ3v) is 1.60. The van der Waals surface area contributed by atoms with Crippen molar-refractivity contribution in [1.29, 1.82) is 0 Å². The summed E-state index contributed by atoms with van der Waals surface area (Å²) in [6, 6.07) is 2.98. The standard InChI is InChI=1S/C8H9ClN2O2/c1-2-13-8(12)5-3-4-6(9)11-7(5)10/h3-4H,2H2,1H3,(H2,10,11). The molecule has 13 heavy (non-hydrogen) atoms. The maximum Gasteiger partial charge on any atom is 0.341 e. The summed E-state index contributed by atoms with van der Waals surface area (Å²) in [7, 11) is 0. The summed E-state index contributed by atoms with van der Waals surface area (Å²) in [4.78, 5) is 14.9. The van der Waals surface area contributed by atoms with Gasteiger partial charge in [0, 0.05) is 0 Å². The van der Waals surface area contributed by atoms with Crippen LogP contribution in [0.5, 0.6) is 0 Å². The third kappa shape index (κ3) is 2.32. The van der Waals surface area contributed by atoms with E-state index < -0.39 is 5.97 Å². The molecule has 0 aliphatic carbocycles. The number of esters is 1. The minimum atomic E-state index is -0.482. The first-order valence-corrected chi connectivity index (χ1v) is 4.12. The lowest BCUT2D eigenvalue weighted by Crippen LogP contribution is -2.09. The van der Waals surface area contributed by atoms with Crippen LogP contribution in [-0.2, 0) is 4.74 Å². The lowest BCUT2D eigenvalue weighted by atomic mass is 10.2. The van der Waals surface area contributed by atoms with Crippen molar-refractivity contribution in [3.63, 3.8) is 0 Å². The molecule has 0 fully saturated rings. The Morgan fingerprint density at radius 2 is 2.38 bits per heavy atom. The van der Waals surface area contributed by atoms with Gasteiger partial charge < -0.3 is 10.5 Å². The Balaban J connectivity index is 2.95. The first-order valence-electron chi connectivity index (χ1n) is 3.74. The number of pyridine rings is 1. The molecule has 70 valence electrons. The monoisotopic (exact) mass is 200 g/mol. The van der Waals surface area contributed by atoms with Crippen molar-refractivity contribution >= 4 is 23.4 Å². The van der Waals surface area contributed by atoms with Crippen molar-refractivity contribution in [1.82, 2.24) is 4.98 Å². The molecular formula is C8H9ClN2O2. The zero-order valence-electron chi connectivity index (χ0n) is 7.08. The van der Waals surface area contributed by atoms with Gasteiger partial charge in [-0.2, -0.15) is 0 Å². The maximum absolute atomic E-state index is 11.2. The van der Waals surface area contributed by atoms with Gasteiger partial charge in [0.2, 0.25) is 0 Å². The molecule has 2 N–H and O–H groups in total. The molecule has 0 bridgehead atoms. The Kier molecular flexibility index (Phi) is 3.08. The fourth-order valence-corrected chi connectivity index (χ4v) is 0.986. The Labute approximate surface area is 80.7 Å². The van der Waals surface area contributed by atoms with E-state index in [0.29, 0.717) is 6.61 Å². The zero-order valence-corrected chi connectivity index (χ0v) is 7.84. The van der Waals surface area contributed by atoms with Gasteiger partial charge in [0.15, 0.2) is 0 Å². The number of halogens is 1. The minimum absolute atomic E-state index is 0.0888. The number of hydrogen-bond acceptors (Lipinski definition) is 4. The number of carbonyl (C=O) groups is 1. The van der Waals surface area contributed by atoms with E-state index in [-0.39, 0.29) is 16.5 Å². The summed E-state index contributed by atoms with van der Waals surface area (Å²) in [6.07, 6.45) is 0. The van der Waals surface area contributed by atoms with Crippen LogP contribution in [0.4, 0.5) is 5.82 Å². The molecule has 0 amide bonds. The largest absolute Gasteiger partial charge is 0.462 e. The molecule has 0 spiro atoms. The van der Waals surface area contributed by atoms with Gasteiger partial charge in [0.25, 0.3) is 0 Å². The summed E-state index contributed by atoms with van der Waals surface area (Å²) in [5.41, 5.74) is 5.70. The van der Waals surface area contributed by atoms with E-state index in [1.165, 1.54) is 12.1 Å². The first kappa shape index (κ1) is 9.80. The molecule has 0 aliphatic rings. The van der Waals surface area contributed by atoms with Crippen LogP contribution in [0.25, 0.3) is 0 Å². The van der Waals surface area contributed by atoms with E-state index in [4.69, 9.17) is 22.1 Å². The molecule has 0 unspecified atom stereocenters. The fourth-order valence-electron chi connectivity index (χ4n) is 0.831. The van der Waals surface area contributed by atoms with Crippen molar-refractivity contribution in [2.24, 2.45) is 0 Å². The van der Waals surface area contributed by atoms with Crippen LogP contribution in [0, 0.1) is 0 Å². The first-order chi connectivity index (χ1) is 6.15. The number of nitrogens with zero attached hydrogens (tertiary/aromatic N) is 1. The highest BCUT2D eigenvalue weighted by Gasteiger charge is 2.11. The van der Waals surface area contributed by atoms with Crippen LogP contribution in [0.1, 0.15) is 17.3 Å². The number of ether oxygens (including phenoxy) is 1. The van der Waals surface area contributed by atoms with Gasteiger partial charge in [-0.15, -0.1) is 0 Å². The van der Waals surface area contributed by atoms with Crippen LogP contribution in [0.15, 0.2) is 12.1 Å². The molecule has 1 rings (SSSR count). The predicted molar refractivity (Wildman–Crippen MR) is 49.6 cm³/mol. The number of aromatic nitrogens is 1. The van der Waals surface area contributed by atoms with Crippen LogP contribution in [0.2, 0.25) is 5.15 Å². The molecule has 1 heterocycles. The van der Waals surface area contributed by atoms with Crippen molar-refractivity contribution in [3.8, 4) is 0 Å². The Hall–Kier alpha value is -1.29. The van der Waals surface area contributed by atoms with Crippen LogP contribution >= 0.6 is 11.6 Å². The molecule has 0 atom stereocenters. The maximum atomic E-state index is 11.2. The van der Waals surface area contributed by atoms with Gasteiger partial charge >= 0.3 is 5.97 Å². The minimum Gasteiger partial charge on any atom is -0.462 e. The number of carbonyl (C=O) groups excluding carboxylic acids is 1. The molecule has 0 aromatic carbocycles. The topological polar surface area (TPSA) is 65.2 Å². The van der Waals surface area contributed by atoms with E-state index in [1.807, 2.05) is 0 Å². The van der Waals surface area contributed by atoms with Crippen LogP contribution in [-0.4, -0.2) is 17.6 Å². The van der Waals surface area contributed by atoms with Gasteiger partial charge in [-0.3, -0.25) is 0 Å². The number of hydrogen-bond donors (Lipinski definition) is 1. The highest BCUT2D eigenvalue weighted by Crippen LogP contribution is 2.14. The Bertz CT molecular complexity index is 328. The molecule has 0 radical (unpaired) electrons. The second-order valence-corrected chi connectivity index (χ2v) is 2.67. The Morgan fingerprint density at radius 3 is 2.92 bits per heavy atom. The highest BCUT2D eigenvalue weighted by atomic mass is 35.5. The van der Waals surface area contributed by atoms with Gasteiger partial charge in [-0.1, -0.05) is 11.6 Å². The lowest BCUT2D eigenvalue weighted by molar-refractivity contribution is 0.0527. The second-order valence-electron chi connectivity index (χ2n) is 2.29. The number of nitrogens with two attached hydrogens (primary N) is 1. The second kappa shape index (κ2) is 4.09. The lowest BCUT2D eigenvalue weighted by Gasteiger charge is -2.03. The van der Waals surface area contributed by atoms with E-state index in [2.05, 4.69) is 4.98 Å². The highest BCUT2D eigenvalue weighted by molar-refractivity contribution is 6.29. The smallest absolute Gasteiger partial charge is 0.341 e. The van der Waals surface area contributed by atoms with Gasteiger partial charge in [0.05, 0.1) is 6.61 Å². The zero-order chi connectivity index (χ0) is 9.84. The number of nitrogen functional groups attached to an aromatic ring is 1. The number of rotatable bonds is 2. The van der Waals surface area contributed by atoms with Gasteiger partial charge in [-0.05, 0) is 19.1 Å². The molecule has 0 aliphatic heterocycles. The normalized spacial score (nSPS) is 9.69. The molecular weight excluding hydrogens is 192 g/mol. The summed E-state index contributed by atoms with van der Waals surface area (Å²) in [6.45, 7) is 2.03. The van der Waals surface area contributed by atoms with Crippen molar-refractivity contribution < 1.29 is 9.53 Å². The van der Waals surface area contributed by atoms with E-state index in [0.717, 1.165) is 0 Å². The van der Waals surface area contributed by atoms with Crippen molar-refractivity contribution in [2.45, 2.75) is 6.92 Å². The average molecular weight is 201 g/mol. The van der Waals surface area contributed by atoms with Gasteiger partial charge in [-0.25, -0.2) is 9.78 Å². The molecule has 0 saturated heterocycles.